The van der Waals surface area contributed by atoms with Crippen LogP contribution in [0.4, 0.5) is 4.39 Å². The van der Waals surface area contributed by atoms with E-state index in [1.807, 2.05) is 0 Å². The quantitative estimate of drug-likeness (QED) is 0.884. The van der Waals surface area contributed by atoms with Crippen LogP contribution in [0.3, 0.4) is 0 Å². The van der Waals surface area contributed by atoms with Crippen LogP contribution in [-0.2, 0) is 0 Å². The Morgan fingerprint density at radius 3 is 3.05 bits per heavy atom. The molecule has 0 spiro atoms. The zero-order valence-corrected chi connectivity index (χ0v) is 11.9. The first kappa shape index (κ1) is 14.8. The molecule has 0 radical (unpaired) electrons. The van der Waals surface area contributed by atoms with E-state index in [0.717, 1.165) is 19.5 Å². The van der Waals surface area contributed by atoms with Gasteiger partial charge in [-0.15, -0.1) is 0 Å². The summed E-state index contributed by atoms with van der Waals surface area (Å²) in [5.74, 6) is 0.233. The van der Waals surface area contributed by atoms with Crippen molar-refractivity contribution in [1.29, 1.82) is 0 Å². The van der Waals surface area contributed by atoms with Crippen molar-refractivity contribution in [1.82, 2.24) is 10.6 Å². The third kappa shape index (κ3) is 3.28. The Hall–Kier alpha value is -1.62. The zero-order valence-electron chi connectivity index (χ0n) is 11.9. The van der Waals surface area contributed by atoms with Crippen LogP contribution < -0.4 is 15.4 Å². The Bertz CT molecular complexity index is 479. The number of benzene rings is 1. The summed E-state index contributed by atoms with van der Waals surface area (Å²) in [7, 11) is 1.43. The van der Waals surface area contributed by atoms with E-state index < -0.39 is 11.7 Å². The van der Waals surface area contributed by atoms with Crippen molar-refractivity contribution < 1.29 is 13.9 Å². The van der Waals surface area contributed by atoms with Crippen LogP contribution in [0.2, 0.25) is 0 Å². The molecule has 1 saturated heterocycles. The van der Waals surface area contributed by atoms with Crippen LogP contribution >= 0.6 is 0 Å². The minimum atomic E-state index is -0.555. The Kier molecular flexibility index (Phi) is 4.95. The van der Waals surface area contributed by atoms with Crippen LogP contribution in [0, 0.1) is 17.7 Å². The summed E-state index contributed by atoms with van der Waals surface area (Å²) in [4.78, 5) is 12.1. The molecule has 1 fully saturated rings. The molecular formula is C15H21FN2O2. The number of carbonyl (C=O) groups is 1. The number of nitrogens with one attached hydrogen (secondary N) is 2. The number of rotatable bonds is 4. The van der Waals surface area contributed by atoms with Crippen molar-refractivity contribution in [3.8, 4) is 5.75 Å². The van der Waals surface area contributed by atoms with Crippen molar-refractivity contribution >= 4 is 5.91 Å². The van der Waals surface area contributed by atoms with Crippen LogP contribution in [-0.4, -0.2) is 32.7 Å². The number of halogens is 1. The van der Waals surface area contributed by atoms with E-state index in [0.29, 0.717) is 18.4 Å². The molecule has 1 aromatic carbocycles. The lowest BCUT2D eigenvalue weighted by Gasteiger charge is -2.29. The first-order valence-electron chi connectivity index (χ1n) is 6.95. The van der Waals surface area contributed by atoms with Crippen LogP contribution in [0.15, 0.2) is 18.2 Å². The van der Waals surface area contributed by atoms with Crippen molar-refractivity contribution in [2.24, 2.45) is 11.8 Å². The van der Waals surface area contributed by atoms with Crippen molar-refractivity contribution in [3.63, 3.8) is 0 Å². The highest BCUT2D eigenvalue weighted by atomic mass is 19.1. The molecule has 1 aliphatic heterocycles. The second-order valence-corrected chi connectivity index (χ2v) is 5.26. The van der Waals surface area contributed by atoms with Gasteiger partial charge >= 0.3 is 0 Å². The molecule has 110 valence electrons. The molecular weight excluding hydrogens is 259 g/mol. The van der Waals surface area contributed by atoms with Gasteiger partial charge in [0.25, 0.3) is 5.91 Å². The number of methoxy groups -OCH3 is 1. The molecule has 1 amide bonds. The number of amides is 1. The fourth-order valence-electron chi connectivity index (χ4n) is 2.58. The number of hydrogen-bond acceptors (Lipinski definition) is 3. The van der Waals surface area contributed by atoms with Crippen molar-refractivity contribution in [3.05, 3.63) is 29.6 Å². The third-order valence-electron chi connectivity index (χ3n) is 3.91. The normalized spacial score (nSPS) is 22.4. The predicted octanol–water partition coefficient (Wildman–Crippen LogP) is 1.81. The summed E-state index contributed by atoms with van der Waals surface area (Å²) in [6, 6.07) is 4.38. The third-order valence-corrected chi connectivity index (χ3v) is 3.91. The Balaban J connectivity index is 2.01. The lowest BCUT2D eigenvalue weighted by molar-refractivity contribution is 0.0930. The Morgan fingerprint density at radius 1 is 1.55 bits per heavy atom. The van der Waals surface area contributed by atoms with Gasteiger partial charge in [0.1, 0.15) is 17.1 Å². The van der Waals surface area contributed by atoms with Gasteiger partial charge in [0.2, 0.25) is 0 Å². The Morgan fingerprint density at radius 2 is 2.35 bits per heavy atom. The Labute approximate surface area is 118 Å². The van der Waals surface area contributed by atoms with E-state index in [4.69, 9.17) is 4.74 Å². The summed E-state index contributed by atoms with van der Waals surface area (Å²) < 4.78 is 18.8. The van der Waals surface area contributed by atoms with E-state index in [1.54, 1.807) is 6.07 Å². The van der Waals surface area contributed by atoms with E-state index in [9.17, 15) is 9.18 Å². The fourth-order valence-corrected chi connectivity index (χ4v) is 2.58. The molecule has 0 aliphatic carbocycles. The van der Waals surface area contributed by atoms with Gasteiger partial charge < -0.3 is 15.4 Å². The van der Waals surface area contributed by atoms with Gasteiger partial charge in [-0.2, -0.15) is 0 Å². The molecule has 5 heteroatoms. The summed E-state index contributed by atoms with van der Waals surface area (Å²) in [6.45, 7) is 4.66. The summed E-state index contributed by atoms with van der Waals surface area (Å²) in [5.41, 5.74) is -0.0170. The minimum Gasteiger partial charge on any atom is -0.496 e. The first-order chi connectivity index (χ1) is 9.63. The number of hydrogen-bond donors (Lipinski definition) is 2. The van der Waals surface area contributed by atoms with Crippen molar-refractivity contribution in [2.75, 3.05) is 26.7 Å². The van der Waals surface area contributed by atoms with E-state index in [2.05, 4.69) is 17.6 Å². The monoisotopic (exact) mass is 280 g/mol. The highest BCUT2D eigenvalue weighted by molar-refractivity contribution is 5.97. The highest BCUT2D eigenvalue weighted by Crippen LogP contribution is 2.22. The fraction of sp³-hybridized carbons (Fsp3) is 0.533. The molecule has 0 aromatic heterocycles. The maximum absolute atomic E-state index is 13.8. The molecule has 20 heavy (non-hydrogen) atoms. The lowest BCUT2D eigenvalue weighted by atomic mass is 9.88. The summed E-state index contributed by atoms with van der Waals surface area (Å²) >= 11 is 0. The molecule has 1 aromatic rings. The minimum absolute atomic E-state index is 0.0170. The average Bonchev–Trinajstić information content (AvgIpc) is 2.45. The topological polar surface area (TPSA) is 50.4 Å². The van der Waals surface area contributed by atoms with Gasteiger partial charge in [-0.3, -0.25) is 4.79 Å². The lowest BCUT2D eigenvalue weighted by Crippen LogP contribution is -2.41. The van der Waals surface area contributed by atoms with Crippen LogP contribution in [0.25, 0.3) is 0 Å². The van der Waals surface area contributed by atoms with Gasteiger partial charge in [-0.1, -0.05) is 13.0 Å². The van der Waals surface area contributed by atoms with Gasteiger partial charge in [0, 0.05) is 6.54 Å². The van der Waals surface area contributed by atoms with E-state index in [1.165, 1.54) is 19.2 Å². The van der Waals surface area contributed by atoms with E-state index >= 15 is 0 Å². The van der Waals surface area contributed by atoms with Crippen LogP contribution in [0.1, 0.15) is 23.7 Å². The van der Waals surface area contributed by atoms with Gasteiger partial charge in [0.05, 0.1) is 7.11 Å². The zero-order chi connectivity index (χ0) is 14.5. The van der Waals surface area contributed by atoms with Crippen molar-refractivity contribution in [2.45, 2.75) is 13.3 Å². The predicted molar refractivity (Wildman–Crippen MR) is 75.4 cm³/mol. The molecule has 0 saturated carbocycles. The molecule has 2 rings (SSSR count). The van der Waals surface area contributed by atoms with Gasteiger partial charge in [-0.05, 0) is 43.5 Å². The number of carbonyl (C=O) groups excluding carboxylic acids is 1. The SMILES string of the molecule is COc1cccc(F)c1C(=O)NCC1CCNCC1C. The second-order valence-electron chi connectivity index (χ2n) is 5.26. The first-order valence-corrected chi connectivity index (χ1v) is 6.95. The molecule has 2 unspecified atom stereocenters. The van der Waals surface area contributed by atoms with Crippen LogP contribution in [0.5, 0.6) is 5.75 Å². The molecule has 1 heterocycles. The molecule has 1 aliphatic rings. The smallest absolute Gasteiger partial charge is 0.258 e. The molecule has 4 nitrogen and oxygen atoms in total. The molecule has 2 atom stereocenters. The maximum Gasteiger partial charge on any atom is 0.258 e. The second kappa shape index (κ2) is 6.70. The molecule has 0 bridgehead atoms. The average molecular weight is 280 g/mol. The molecule has 2 N–H and O–H groups in total. The summed E-state index contributed by atoms with van der Waals surface area (Å²) in [5, 5.41) is 6.15. The number of piperidine rings is 1. The largest absolute Gasteiger partial charge is 0.496 e. The van der Waals surface area contributed by atoms with Gasteiger partial charge in [-0.25, -0.2) is 4.39 Å². The maximum atomic E-state index is 13.8. The van der Waals surface area contributed by atoms with E-state index in [-0.39, 0.29) is 11.3 Å². The van der Waals surface area contributed by atoms with Gasteiger partial charge in [0.15, 0.2) is 0 Å². The highest BCUT2D eigenvalue weighted by Gasteiger charge is 2.23. The summed E-state index contributed by atoms with van der Waals surface area (Å²) in [6.07, 6.45) is 1.02. The standard InChI is InChI=1S/C15H21FN2O2/c1-10-8-17-7-6-11(10)9-18-15(19)14-12(16)4-3-5-13(14)20-2/h3-5,10-11,17H,6-9H2,1-2H3,(H,18,19). The number of ether oxygens (including phenoxy) is 1.